The first-order valence-corrected chi connectivity index (χ1v) is 7.70. The molecule has 2 aliphatic rings. The Bertz CT molecular complexity index is 830. The zero-order valence-electron chi connectivity index (χ0n) is 12.3. The van der Waals surface area contributed by atoms with E-state index in [0.717, 1.165) is 17.3 Å². The summed E-state index contributed by atoms with van der Waals surface area (Å²) in [5.74, 6) is -2.25. The number of amides is 1. The quantitative estimate of drug-likeness (QED) is 0.854. The number of hydrogen-bond acceptors (Lipinski definition) is 3. The number of nitrogens with zero attached hydrogens (tertiary/aromatic N) is 1. The van der Waals surface area contributed by atoms with Gasteiger partial charge in [0.05, 0.1) is 29.2 Å². The minimum Gasteiger partial charge on any atom is -0.481 e. The summed E-state index contributed by atoms with van der Waals surface area (Å²) in [7, 11) is 0. The van der Waals surface area contributed by atoms with Crippen LogP contribution in [0.25, 0.3) is 10.9 Å². The molecule has 0 saturated heterocycles. The summed E-state index contributed by atoms with van der Waals surface area (Å²) >= 11 is 0. The zero-order valence-corrected chi connectivity index (χ0v) is 12.3. The summed E-state index contributed by atoms with van der Waals surface area (Å²) in [6.07, 6.45) is 6.28. The third-order valence-electron chi connectivity index (χ3n) is 4.91. The van der Waals surface area contributed by atoms with Crippen molar-refractivity contribution in [2.24, 2.45) is 23.7 Å². The van der Waals surface area contributed by atoms with Crippen molar-refractivity contribution in [2.75, 3.05) is 5.32 Å². The SMILES string of the molecule is O=C(Nc1cnc2ccccc2c1)[C@@H]1[C@@H](C(=O)O)[C@H]2C=C[C@@H]1C2. The number of para-hydroxylation sites is 1. The smallest absolute Gasteiger partial charge is 0.307 e. The number of pyridine rings is 1. The molecule has 1 saturated carbocycles. The van der Waals surface area contributed by atoms with E-state index in [9.17, 15) is 14.7 Å². The highest BCUT2D eigenvalue weighted by atomic mass is 16.4. The Morgan fingerprint density at radius 1 is 1.13 bits per heavy atom. The summed E-state index contributed by atoms with van der Waals surface area (Å²) in [6, 6.07) is 9.52. The van der Waals surface area contributed by atoms with Gasteiger partial charge in [-0.1, -0.05) is 30.4 Å². The molecule has 2 N–H and O–H groups in total. The van der Waals surface area contributed by atoms with Crippen LogP contribution in [0.2, 0.25) is 0 Å². The fraction of sp³-hybridized carbons (Fsp3) is 0.278. The molecular formula is C18H16N2O3. The van der Waals surface area contributed by atoms with E-state index in [2.05, 4.69) is 10.3 Å². The van der Waals surface area contributed by atoms with E-state index in [1.807, 2.05) is 42.5 Å². The highest BCUT2D eigenvalue weighted by Gasteiger charge is 2.51. The summed E-state index contributed by atoms with van der Waals surface area (Å²) in [4.78, 5) is 28.4. The number of nitrogens with one attached hydrogen (secondary N) is 1. The van der Waals surface area contributed by atoms with Crippen LogP contribution in [0.4, 0.5) is 5.69 Å². The van der Waals surface area contributed by atoms with Crippen LogP contribution in [0.5, 0.6) is 0 Å². The molecule has 2 aromatic rings. The summed E-state index contributed by atoms with van der Waals surface area (Å²) in [5, 5.41) is 13.2. The molecule has 1 aromatic carbocycles. The number of fused-ring (bicyclic) bond motifs is 3. The van der Waals surface area contributed by atoms with Crippen molar-refractivity contribution >= 4 is 28.5 Å². The summed E-state index contributed by atoms with van der Waals surface area (Å²) in [5.41, 5.74) is 1.46. The number of carboxylic acids is 1. The number of aromatic nitrogens is 1. The fourth-order valence-electron chi connectivity index (χ4n) is 3.88. The van der Waals surface area contributed by atoms with Gasteiger partial charge in [0.2, 0.25) is 5.91 Å². The highest BCUT2D eigenvalue weighted by molar-refractivity contribution is 5.97. The second-order valence-electron chi connectivity index (χ2n) is 6.24. The molecule has 4 atom stereocenters. The zero-order chi connectivity index (χ0) is 16.0. The number of benzene rings is 1. The Hall–Kier alpha value is -2.69. The predicted molar refractivity (Wildman–Crippen MR) is 85.7 cm³/mol. The van der Waals surface area contributed by atoms with Crippen molar-refractivity contribution in [1.82, 2.24) is 4.98 Å². The van der Waals surface area contributed by atoms with Crippen molar-refractivity contribution in [3.05, 3.63) is 48.7 Å². The average Bonchev–Trinajstić information content (AvgIpc) is 3.15. The molecule has 0 spiro atoms. The molecule has 1 heterocycles. The highest BCUT2D eigenvalue weighted by Crippen LogP contribution is 2.48. The maximum absolute atomic E-state index is 12.6. The lowest BCUT2D eigenvalue weighted by Gasteiger charge is -2.23. The number of hydrogen-bond donors (Lipinski definition) is 2. The first kappa shape index (κ1) is 13.9. The van der Waals surface area contributed by atoms with Gasteiger partial charge in [-0.3, -0.25) is 14.6 Å². The summed E-state index contributed by atoms with van der Waals surface area (Å²) < 4.78 is 0. The second kappa shape index (κ2) is 5.19. The molecule has 0 unspecified atom stereocenters. The van der Waals surface area contributed by atoms with Crippen molar-refractivity contribution in [2.45, 2.75) is 6.42 Å². The van der Waals surface area contributed by atoms with Gasteiger partial charge < -0.3 is 10.4 Å². The lowest BCUT2D eigenvalue weighted by atomic mass is 9.82. The number of rotatable bonds is 3. The number of carbonyl (C=O) groups excluding carboxylic acids is 1. The van der Waals surface area contributed by atoms with Crippen molar-refractivity contribution in [3.63, 3.8) is 0 Å². The molecule has 116 valence electrons. The summed E-state index contributed by atoms with van der Waals surface area (Å²) in [6.45, 7) is 0. The van der Waals surface area contributed by atoms with Gasteiger partial charge >= 0.3 is 5.97 Å². The topological polar surface area (TPSA) is 79.3 Å². The third kappa shape index (κ3) is 2.29. The monoisotopic (exact) mass is 308 g/mol. The molecule has 1 amide bonds. The standard InChI is InChI=1S/C18H16N2O3/c21-17(15-11-5-6-12(7-11)16(15)18(22)23)20-13-8-10-3-1-2-4-14(10)19-9-13/h1-6,8-9,11-12,15-16H,7H2,(H,20,21)(H,22,23)/t11-,12+,15+,16+/m1/s1. The second-order valence-corrected chi connectivity index (χ2v) is 6.24. The number of allylic oxidation sites excluding steroid dienone is 2. The van der Waals surface area contributed by atoms with Crippen LogP contribution in [-0.2, 0) is 9.59 Å². The number of carbonyl (C=O) groups is 2. The molecule has 1 aromatic heterocycles. The Morgan fingerprint density at radius 3 is 2.65 bits per heavy atom. The molecule has 0 radical (unpaired) electrons. The molecule has 4 rings (SSSR count). The van der Waals surface area contributed by atoms with Crippen LogP contribution in [0.15, 0.2) is 48.7 Å². The third-order valence-corrected chi connectivity index (χ3v) is 4.91. The van der Waals surface area contributed by atoms with Gasteiger partial charge in [-0.05, 0) is 30.4 Å². The van der Waals surface area contributed by atoms with Crippen LogP contribution in [0, 0.1) is 23.7 Å². The van der Waals surface area contributed by atoms with Gasteiger partial charge in [-0.15, -0.1) is 0 Å². The van der Waals surface area contributed by atoms with Crippen LogP contribution >= 0.6 is 0 Å². The maximum atomic E-state index is 12.6. The lowest BCUT2D eigenvalue weighted by Crippen LogP contribution is -2.36. The maximum Gasteiger partial charge on any atom is 0.307 e. The fourth-order valence-corrected chi connectivity index (χ4v) is 3.88. The van der Waals surface area contributed by atoms with E-state index in [1.165, 1.54) is 0 Å². The van der Waals surface area contributed by atoms with Crippen LogP contribution in [0.3, 0.4) is 0 Å². The molecule has 5 heteroatoms. The van der Waals surface area contributed by atoms with Gasteiger partial charge in [0, 0.05) is 5.39 Å². The van der Waals surface area contributed by atoms with Gasteiger partial charge in [-0.25, -0.2) is 0 Å². The van der Waals surface area contributed by atoms with Crippen molar-refractivity contribution in [3.8, 4) is 0 Å². The van der Waals surface area contributed by atoms with E-state index < -0.39 is 17.8 Å². The van der Waals surface area contributed by atoms with Crippen molar-refractivity contribution in [1.29, 1.82) is 0 Å². The van der Waals surface area contributed by atoms with E-state index in [4.69, 9.17) is 0 Å². The Morgan fingerprint density at radius 2 is 1.87 bits per heavy atom. The van der Waals surface area contributed by atoms with Gasteiger partial charge in [0.15, 0.2) is 0 Å². The van der Waals surface area contributed by atoms with Crippen molar-refractivity contribution < 1.29 is 14.7 Å². The number of carboxylic acid groups (broad SMARTS) is 1. The van der Waals surface area contributed by atoms with E-state index in [0.29, 0.717) is 5.69 Å². The minimum absolute atomic E-state index is 0.0227. The molecule has 1 fully saturated rings. The molecule has 2 aliphatic carbocycles. The van der Waals surface area contributed by atoms with Crippen LogP contribution < -0.4 is 5.32 Å². The van der Waals surface area contributed by atoms with Crippen LogP contribution in [-0.4, -0.2) is 22.0 Å². The Kier molecular flexibility index (Phi) is 3.15. The average molecular weight is 308 g/mol. The Labute approximate surface area is 133 Å². The lowest BCUT2D eigenvalue weighted by molar-refractivity contribution is -0.146. The van der Waals surface area contributed by atoms with E-state index >= 15 is 0 Å². The van der Waals surface area contributed by atoms with E-state index in [1.54, 1.807) is 6.20 Å². The Balaban J connectivity index is 1.59. The molecule has 23 heavy (non-hydrogen) atoms. The normalized spacial score (nSPS) is 28.2. The molecule has 2 bridgehead atoms. The van der Waals surface area contributed by atoms with Gasteiger partial charge in [0.25, 0.3) is 0 Å². The molecular weight excluding hydrogens is 292 g/mol. The molecule has 0 aliphatic heterocycles. The number of aliphatic carboxylic acids is 1. The van der Waals surface area contributed by atoms with Gasteiger partial charge in [-0.2, -0.15) is 0 Å². The predicted octanol–water partition coefficient (Wildman–Crippen LogP) is 2.70. The first-order chi connectivity index (χ1) is 11.1. The van der Waals surface area contributed by atoms with E-state index in [-0.39, 0.29) is 17.7 Å². The first-order valence-electron chi connectivity index (χ1n) is 7.70. The molecule has 5 nitrogen and oxygen atoms in total. The number of anilines is 1. The largest absolute Gasteiger partial charge is 0.481 e. The minimum atomic E-state index is -0.890. The van der Waals surface area contributed by atoms with Gasteiger partial charge in [0.1, 0.15) is 0 Å². The van der Waals surface area contributed by atoms with Crippen LogP contribution in [0.1, 0.15) is 6.42 Å².